The van der Waals surface area contributed by atoms with Crippen LogP contribution >= 0.6 is 0 Å². The van der Waals surface area contributed by atoms with Gasteiger partial charge in [0.05, 0.1) is 11.9 Å². The number of anilines is 1. The molecule has 0 saturated heterocycles. The maximum Gasteiger partial charge on any atom is 0.252 e. The Morgan fingerprint density at radius 3 is 2.86 bits per heavy atom. The first kappa shape index (κ1) is 8.61. The Kier molecular flexibility index (Phi) is 1.88. The Morgan fingerprint density at radius 2 is 2.29 bits per heavy atom. The second-order valence-electron chi connectivity index (χ2n) is 2.80. The third-order valence-electron chi connectivity index (χ3n) is 1.69. The molecular weight excluding hydrogens is 185 g/mol. The van der Waals surface area contributed by atoms with Gasteiger partial charge in [-0.05, 0) is 13.0 Å². The van der Waals surface area contributed by atoms with Crippen molar-refractivity contribution in [1.29, 1.82) is 0 Å². The van der Waals surface area contributed by atoms with Crippen LogP contribution in [0.1, 0.15) is 5.69 Å². The van der Waals surface area contributed by atoms with Crippen molar-refractivity contribution < 1.29 is 4.39 Å². The zero-order valence-corrected chi connectivity index (χ0v) is 7.48. The number of aromatic nitrogens is 4. The van der Waals surface area contributed by atoms with E-state index in [0.717, 1.165) is 11.9 Å². The van der Waals surface area contributed by atoms with Gasteiger partial charge in [-0.15, -0.1) is 0 Å². The SMILES string of the molecule is Cc1ccn(-c2ncc(F)c(N)n2)n1. The van der Waals surface area contributed by atoms with Gasteiger partial charge in [-0.3, -0.25) is 0 Å². The van der Waals surface area contributed by atoms with Crippen LogP contribution in [0.5, 0.6) is 0 Å². The molecule has 0 unspecified atom stereocenters. The Morgan fingerprint density at radius 1 is 1.50 bits per heavy atom. The molecule has 0 fully saturated rings. The highest BCUT2D eigenvalue weighted by molar-refractivity contribution is 5.31. The molecule has 0 amide bonds. The summed E-state index contributed by atoms with van der Waals surface area (Å²) in [7, 11) is 0. The van der Waals surface area contributed by atoms with Crippen molar-refractivity contribution in [2.45, 2.75) is 6.92 Å². The van der Waals surface area contributed by atoms with Crippen molar-refractivity contribution in [3.8, 4) is 5.95 Å². The monoisotopic (exact) mass is 193 g/mol. The fraction of sp³-hybridized carbons (Fsp3) is 0.125. The van der Waals surface area contributed by atoms with E-state index in [1.807, 2.05) is 6.92 Å². The lowest BCUT2D eigenvalue weighted by atomic mass is 10.5. The highest BCUT2D eigenvalue weighted by Gasteiger charge is 2.05. The smallest absolute Gasteiger partial charge is 0.252 e. The molecule has 2 aromatic heterocycles. The van der Waals surface area contributed by atoms with Crippen LogP contribution in [-0.2, 0) is 0 Å². The van der Waals surface area contributed by atoms with E-state index in [9.17, 15) is 4.39 Å². The van der Waals surface area contributed by atoms with E-state index in [0.29, 0.717) is 0 Å². The Hall–Kier alpha value is -1.98. The predicted octanol–water partition coefficient (Wildman–Crippen LogP) is 0.692. The van der Waals surface area contributed by atoms with Gasteiger partial charge < -0.3 is 5.73 Å². The van der Waals surface area contributed by atoms with E-state index in [1.54, 1.807) is 12.3 Å². The largest absolute Gasteiger partial charge is 0.381 e. The fourth-order valence-corrected chi connectivity index (χ4v) is 1.01. The van der Waals surface area contributed by atoms with E-state index < -0.39 is 5.82 Å². The Labute approximate surface area is 79.4 Å². The summed E-state index contributed by atoms with van der Waals surface area (Å²) in [6.45, 7) is 1.84. The number of nitrogens with two attached hydrogens (primary N) is 1. The highest BCUT2D eigenvalue weighted by Crippen LogP contribution is 2.07. The Bertz CT molecular complexity index is 465. The lowest BCUT2D eigenvalue weighted by molar-refractivity contribution is 0.615. The van der Waals surface area contributed by atoms with Crippen LogP contribution in [0.15, 0.2) is 18.5 Å². The molecule has 14 heavy (non-hydrogen) atoms. The molecule has 0 aliphatic heterocycles. The third kappa shape index (κ3) is 1.41. The minimum absolute atomic E-state index is 0.178. The maximum absolute atomic E-state index is 12.7. The molecule has 2 aromatic rings. The summed E-state index contributed by atoms with van der Waals surface area (Å²) < 4.78 is 14.2. The van der Waals surface area contributed by atoms with Crippen LogP contribution in [-0.4, -0.2) is 19.7 Å². The summed E-state index contributed by atoms with van der Waals surface area (Å²) in [5.41, 5.74) is 6.13. The Balaban J connectivity index is 2.47. The lowest BCUT2D eigenvalue weighted by Crippen LogP contribution is -2.05. The molecule has 2 rings (SSSR count). The van der Waals surface area contributed by atoms with E-state index >= 15 is 0 Å². The van der Waals surface area contributed by atoms with Gasteiger partial charge in [0.15, 0.2) is 11.6 Å². The minimum Gasteiger partial charge on any atom is -0.381 e. The number of nitrogen functional groups attached to an aromatic ring is 1. The van der Waals surface area contributed by atoms with E-state index in [4.69, 9.17) is 5.73 Å². The second kappa shape index (κ2) is 3.06. The van der Waals surface area contributed by atoms with E-state index in [2.05, 4.69) is 15.1 Å². The molecule has 0 aromatic carbocycles. The van der Waals surface area contributed by atoms with E-state index in [-0.39, 0.29) is 11.8 Å². The molecule has 0 atom stereocenters. The number of rotatable bonds is 1. The number of hydrogen-bond acceptors (Lipinski definition) is 4. The zero-order valence-electron chi connectivity index (χ0n) is 7.48. The second-order valence-corrected chi connectivity index (χ2v) is 2.80. The average molecular weight is 193 g/mol. The summed E-state index contributed by atoms with van der Waals surface area (Å²) in [5.74, 6) is -0.544. The molecule has 0 aliphatic carbocycles. The number of nitrogens with zero attached hydrogens (tertiary/aromatic N) is 4. The van der Waals surface area contributed by atoms with Gasteiger partial charge in [0.2, 0.25) is 0 Å². The summed E-state index contributed by atoms with van der Waals surface area (Å²) in [6.07, 6.45) is 2.71. The number of aryl methyl sites for hydroxylation is 1. The number of hydrogen-bond donors (Lipinski definition) is 1. The lowest BCUT2D eigenvalue weighted by Gasteiger charge is -2.00. The van der Waals surface area contributed by atoms with Gasteiger partial charge in [0.25, 0.3) is 5.95 Å². The first-order chi connectivity index (χ1) is 6.66. The predicted molar refractivity (Wildman–Crippen MR) is 48.3 cm³/mol. The molecule has 5 nitrogen and oxygen atoms in total. The van der Waals surface area contributed by atoms with Crippen LogP contribution in [0, 0.1) is 12.7 Å². The van der Waals surface area contributed by atoms with Crippen molar-refractivity contribution in [3.05, 3.63) is 30.0 Å². The zero-order chi connectivity index (χ0) is 10.1. The van der Waals surface area contributed by atoms with Crippen molar-refractivity contribution in [2.75, 3.05) is 5.73 Å². The van der Waals surface area contributed by atoms with Crippen LogP contribution < -0.4 is 5.73 Å². The van der Waals surface area contributed by atoms with Gasteiger partial charge in [-0.2, -0.15) is 10.1 Å². The average Bonchev–Trinajstić information content (AvgIpc) is 2.57. The van der Waals surface area contributed by atoms with Crippen molar-refractivity contribution in [2.24, 2.45) is 0 Å². The molecule has 0 bridgehead atoms. The first-order valence-electron chi connectivity index (χ1n) is 3.97. The molecule has 0 aliphatic rings. The summed E-state index contributed by atoms with van der Waals surface area (Å²) in [5, 5.41) is 4.07. The standard InChI is InChI=1S/C8H8FN5/c1-5-2-3-14(13-5)8-11-4-6(9)7(10)12-8/h2-4H,1H3,(H2,10,11,12). The van der Waals surface area contributed by atoms with Crippen molar-refractivity contribution in [1.82, 2.24) is 19.7 Å². The quantitative estimate of drug-likeness (QED) is 0.723. The number of halogens is 1. The topological polar surface area (TPSA) is 69.6 Å². The van der Waals surface area contributed by atoms with Crippen LogP contribution in [0.4, 0.5) is 10.2 Å². The van der Waals surface area contributed by atoms with Gasteiger partial charge in [-0.25, -0.2) is 14.1 Å². The van der Waals surface area contributed by atoms with Gasteiger partial charge in [0, 0.05) is 6.20 Å². The van der Waals surface area contributed by atoms with Gasteiger partial charge in [-0.1, -0.05) is 0 Å². The normalized spacial score (nSPS) is 10.4. The van der Waals surface area contributed by atoms with Crippen molar-refractivity contribution >= 4 is 5.82 Å². The van der Waals surface area contributed by atoms with Crippen LogP contribution in [0.25, 0.3) is 5.95 Å². The fourth-order valence-electron chi connectivity index (χ4n) is 1.01. The van der Waals surface area contributed by atoms with E-state index in [1.165, 1.54) is 4.68 Å². The van der Waals surface area contributed by atoms with Gasteiger partial charge in [0.1, 0.15) is 0 Å². The summed E-state index contributed by atoms with van der Waals surface area (Å²) in [6, 6.07) is 1.79. The molecule has 72 valence electrons. The van der Waals surface area contributed by atoms with Crippen LogP contribution in [0.2, 0.25) is 0 Å². The molecule has 0 saturated carbocycles. The molecule has 2 N–H and O–H groups in total. The molecule has 0 radical (unpaired) electrons. The molecule has 6 heteroatoms. The van der Waals surface area contributed by atoms with Gasteiger partial charge >= 0.3 is 0 Å². The first-order valence-corrected chi connectivity index (χ1v) is 3.97. The van der Waals surface area contributed by atoms with Crippen molar-refractivity contribution in [3.63, 3.8) is 0 Å². The summed E-state index contributed by atoms with van der Waals surface area (Å²) >= 11 is 0. The van der Waals surface area contributed by atoms with Crippen LogP contribution in [0.3, 0.4) is 0 Å². The summed E-state index contributed by atoms with van der Waals surface area (Å²) in [4.78, 5) is 7.51. The molecular formula is C8H8FN5. The molecule has 0 spiro atoms. The highest BCUT2D eigenvalue weighted by atomic mass is 19.1. The molecule has 2 heterocycles. The minimum atomic E-state index is -0.627. The third-order valence-corrected chi connectivity index (χ3v) is 1.69. The maximum atomic E-state index is 12.7.